The molecule has 0 radical (unpaired) electrons. The molecule has 3 N–H and O–H groups in total. The molecule has 0 saturated heterocycles. The second-order valence-corrected chi connectivity index (χ2v) is 6.22. The van der Waals surface area contributed by atoms with Crippen molar-refractivity contribution >= 4 is 11.7 Å². The fourth-order valence-corrected chi connectivity index (χ4v) is 2.99. The molecule has 0 aliphatic heterocycles. The van der Waals surface area contributed by atoms with Gasteiger partial charge in [0.2, 0.25) is 11.7 Å². The Morgan fingerprint density at radius 3 is 2.79 bits per heavy atom. The van der Waals surface area contributed by atoms with Crippen LogP contribution in [0.5, 0.6) is 0 Å². The van der Waals surface area contributed by atoms with E-state index in [9.17, 15) is 4.79 Å². The number of benzene rings is 1. The Bertz CT molecular complexity index is 693. The van der Waals surface area contributed by atoms with Crippen molar-refractivity contribution in [2.45, 2.75) is 38.6 Å². The Morgan fingerprint density at radius 1 is 1.33 bits per heavy atom. The van der Waals surface area contributed by atoms with Crippen molar-refractivity contribution in [3.8, 4) is 11.4 Å². The smallest absolute Gasteiger partial charge is 0.319 e. The van der Waals surface area contributed by atoms with Gasteiger partial charge < -0.3 is 20.3 Å². The minimum atomic E-state index is -0.219. The lowest BCUT2D eigenvalue weighted by atomic mass is 9.87. The third-order valence-electron chi connectivity index (χ3n) is 4.35. The van der Waals surface area contributed by atoms with Gasteiger partial charge in [0.1, 0.15) is 0 Å². The van der Waals surface area contributed by atoms with Crippen molar-refractivity contribution in [1.82, 2.24) is 15.5 Å². The minimum absolute atomic E-state index is 0.163. The molecule has 1 aromatic heterocycles. The number of aryl methyl sites for hydroxylation is 1. The van der Waals surface area contributed by atoms with Gasteiger partial charge in [0.25, 0.3) is 0 Å². The highest BCUT2D eigenvalue weighted by Gasteiger charge is 2.21. The van der Waals surface area contributed by atoms with E-state index in [1.807, 2.05) is 24.3 Å². The second-order valence-electron chi connectivity index (χ2n) is 6.22. The summed E-state index contributed by atoms with van der Waals surface area (Å²) in [5, 5.41) is 18.9. The Labute approximate surface area is 140 Å². The molecule has 0 atom stereocenters. The largest absolute Gasteiger partial charge is 0.396 e. The van der Waals surface area contributed by atoms with E-state index in [1.54, 1.807) is 6.92 Å². The van der Waals surface area contributed by atoms with Crippen LogP contribution in [0.1, 0.15) is 31.6 Å². The van der Waals surface area contributed by atoms with E-state index in [-0.39, 0.29) is 18.7 Å². The summed E-state index contributed by atoms with van der Waals surface area (Å²) in [5.41, 5.74) is 1.46. The maximum atomic E-state index is 12.2. The van der Waals surface area contributed by atoms with Gasteiger partial charge in [-0.25, -0.2) is 4.79 Å². The van der Waals surface area contributed by atoms with Crippen molar-refractivity contribution in [3.05, 3.63) is 30.2 Å². The maximum absolute atomic E-state index is 12.2. The van der Waals surface area contributed by atoms with Crippen LogP contribution < -0.4 is 10.6 Å². The molecule has 2 amide bonds. The quantitative estimate of drug-likeness (QED) is 0.800. The summed E-state index contributed by atoms with van der Waals surface area (Å²) >= 11 is 0. The van der Waals surface area contributed by atoms with E-state index in [0.717, 1.165) is 31.2 Å². The molecule has 2 aromatic rings. The number of carbonyl (C=O) groups excluding carboxylic acids is 1. The Morgan fingerprint density at radius 2 is 2.12 bits per heavy atom. The topological polar surface area (TPSA) is 100 Å². The highest BCUT2D eigenvalue weighted by atomic mass is 16.5. The molecule has 0 unspecified atom stereocenters. The summed E-state index contributed by atoms with van der Waals surface area (Å²) < 4.78 is 4.98. The molecule has 1 aliphatic rings. The number of aliphatic hydroxyl groups excluding tert-OH is 1. The molecule has 1 fully saturated rings. The summed E-state index contributed by atoms with van der Waals surface area (Å²) in [6.45, 7) is 1.97. The zero-order valence-corrected chi connectivity index (χ0v) is 13.7. The number of aliphatic hydroxyl groups is 1. The molecule has 1 aliphatic carbocycles. The molecule has 1 aromatic carbocycles. The molecule has 3 rings (SSSR count). The first kappa shape index (κ1) is 16.4. The summed E-state index contributed by atoms with van der Waals surface area (Å²) in [6, 6.07) is 7.28. The zero-order chi connectivity index (χ0) is 16.9. The van der Waals surface area contributed by atoms with E-state index in [1.165, 1.54) is 0 Å². The predicted molar refractivity (Wildman–Crippen MR) is 89.5 cm³/mol. The van der Waals surface area contributed by atoms with Crippen LogP contribution in [0.3, 0.4) is 0 Å². The van der Waals surface area contributed by atoms with Crippen LogP contribution in [-0.4, -0.2) is 33.9 Å². The maximum Gasteiger partial charge on any atom is 0.319 e. The number of nitrogens with zero attached hydrogens (tertiary/aromatic N) is 2. The van der Waals surface area contributed by atoms with Gasteiger partial charge in [-0.3, -0.25) is 0 Å². The number of nitrogens with one attached hydrogen (secondary N) is 2. The van der Waals surface area contributed by atoms with Crippen LogP contribution in [0.4, 0.5) is 10.5 Å². The molecule has 7 heteroatoms. The Kier molecular flexibility index (Phi) is 5.10. The zero-order valence-electron chi connectivity index (χ0n) is 13.7. The third kappa shape index (κ3) is 4.11. The monoisotopic (exact) mass is 330 g/mol. The van der Waals surface area contributed by atoms with Gasteiger partial charge in [-0.2, -0.15) is 4.98 Å². The summed E-state index contributed by atoms with van der Waals surface area (Å²) in [5.74, 6) is 1.37. The van der Waals surface area contributed by atoms with Gasteiger partial charge in [0.15, 0.2) is 0 Å². The SMILES string of the molecule is Cc1nc(-c2cccc(NC(=O)NC3CCC(CO)CC3)c2)no1. The van der Waals surface area contributed by atoms with E-state index in [4.69, 9.17) is 9.63 Å². The second kappa shape index (κ2) is 7.44. The first-order valence-electron chi connectivity index (χ1n) is 8.23. The number of hydrogen-bond donors (Lipinski definition) is 3. The van der Waals surface area contributed by atoms with Gasteiger partial charge in [-0.15, -0.1) is 0 Å². The van der Waals surface area contributed by atoms with Gasteiger partial charge >= 0.3 is 6.03 Å². The van der Waals surface area contributed by atoms with E-state index >= 15 is 0 Å². The van der Waals surface area contributed by atoms with Crippen LogP contribution >= 0.6 is 0 Å². The molecule has 128 valence electrons. The van der Waals surface area contributed by atoms with E-state index < -0.39 is 0 Å². The fraction of sp³-hybridized carbons (Fsp3) is 0.471. The highest BCUT2D eigenvalue weighted by Crippen LogP contribution is 2.24. The lowest BCUT2D eigenvalue weighted by Gasteiger charge is -2.27. The van der Waals surface area contributed by atoms with E-state index in [0.29, 0.717) is 23.3 Å². The number of amides is 2. The first-order valence-corrected chi connectivity index (χ1v) is 8.23. The molecule has 0 spiro atoms. The number of aromatic nitrogens is 2. The summed E-state index contributed by atoms with van der Waals surface area (Å²) in [4.78, 5) is 16.3. The lowest BCUT2D eigenvalue weighted by molar-refractivity contribution is 0.176. The summed E-state index contributed by atoms with van der Waals surface area (Å²) in [7, 11) is 0. The average Bonchev–Trinajstić information content (AvgIpc) is 3.02. The number of hydrogen-bond acceptors (Lipinski definition) is 5. The molecule has 7 nitrogen and oxygen atoms in total. The van der Waals surface area contributed by atoms with Crippen molar-refractivity contribution < 1.29 is 14.4 Å². The van der Waals surface area contributed by atoms with Gasteiger partial charge in [-0.05, 0) is 43.7 Å². The van der Waals surface area contributed by atoms with Crippen LogP contribution in [-0.2, 0) is 0 Å². The first-order chi connectivity index (χ1) is 11.6. The molecule has 0 bridgehead atoms. The normalized spacial score (nSPS) is 20.6. The molecule has 1 heterocycles. The van der Waals surface area contributed by atoms with Crippen LogP contribution in [0, 0.1) is 12.8 Å². The third-order valence-corrected chi connectivity index (χ3v) is 4.35. The Hall–Kier alpha value is -2.41. The van der Waals surface area contributed by atoms with Crippen molar-refractivity contribution in [2.75, 3.05) is 11.9 Å². The van der Waals surface area contributed by atoms with Gasteiger partial charge in [0, 0.05) is 30.8 Å². The number of rotatable bonds is 4. The number of carbonyl (C=O) groups is 1. The van der Waals surface area contributed by atoms with Crippen LogP contribution in [0.25, 0.3) is 11.4 Å². The number of urea groups is 1. The summed E-state index contributed by atoms with van der Waals surface area (Å²) in [6.07, 6.45) is 3.71. The predicted octanol–water partition coefficient (Wildman–Crippen LogP) is 2.72. The van der Waals surface area contributed by atoms with Crippen LogP contribution in [0.2, 0.25) is 0 Å². The number of anilines is 1. The van der Waals surface area contributed by atoms with Gasteiger partial charge in [0.05, 0.1) is 0 Å². The highest BCUT2D eigenvalue weighted by molar-refractivity contribution is 5.90. The van der Waals surface area contributed by atoms with Crippen molar-refractivity contribution in [1.29, 1.82) is 0 Å². The van der Waals surface area contributed by atoms with Crippen LogP contribution in [0.15, 0.2) is 28.8 Å². The Balaban J connectivity index is 1.57. The lowest BCUT2D eigenvalue weighted by Crippen LogP contribution is -2.40. The standard InChI is InChI=1S/C17H22N4O3/c1-11-18-16(21-24-11)13-3-2-4-15(9-13)20-17(23)19-14-7-5-12(10-22)6-8-14/h2-4,9,12,14,22H,5-8,10H2,1H3,(H2,19,20,23). The molecule has 24 heavy (non-hydrogen) atoms. The van der Waals surface area contributed by atoms with Crippen molar-refractivity contribution in [3.63, 3.8) is 0 Å². The molecular formula is C17H22N4O3. The average molecular weight is 330 g/mol. The molecular weight excluding hydrogens is 308 g/mol. The van der Waals surface area contributed by atoms with Gasteiger partial charge in [-0.1, -0.05) is 17.3 Å². The minimum Gasteiger partial charge on any atom is -0.396 e. The fourth-order valence-electron chi connectivity index (χ4n) is 2.99. The molecule has 1 saturated carbocycles. The van der Waals surface area contributed by atoms with Crippen molar-refractivity contribution in [2.24, 2.45) is 5.92 Å². The van der Waals surface area contributed by atoms with E-state index in [2.05, 4.69) is 20.8 Å².